The summed E-state index contributed by atoms with van der Waals surface area (Å²) in [5, 5.41) is 3.05. The highest BCUT2D eigenvalue weighted by Crippen LogP contribution is 2.34. The lowest BCUT2D eigenvalue weighted by Gasteiger charge is -2.11. The number of rotatable bonds is 2. The number of hydrogen-bond acceptors (Lipinski definition) is 2. The van der Waals surface area contributed by atoms with Crippen LogP contribution in [0.1, 0.15) is 18.5 Å². The van der Waals surface area contributed by atoms with Crippen molar-refractivity contribution in [2.24, 2.45) is 0 Å². The lowest BCUT2D eigenvalue weighted by atomic mass is 10.1. The second kappa shape index (κ2) is 3.62. The van der Waals surface area contributed by atoms with Gasteiger partial charge >= 0.3 is 0 Å². The van der Waals surface area contributed by atoms with Gasteiger partial charge in [0.1, 0.15) is 11.9 Å². The van der Waals surface area contributed by atoms with Crippen LogP contribution >= 0.6 is 0 Å². The van der Waals surface area contributed by atoms with Gasteiger partial charge in [0.25, 0.3) is 0 Å². The Morgan fingerprint density at radius 1 is 1.53 bits per heavy atom. The van der Waals surface area contributed by atoms with Gasteiger partial charge in [0.15, 0.2) is 0 Å². The molecule has 0 fully saturated rings. The van der Waals surface area contributed by atoms with E-state index in [1.165, 1.54) is 12.1 Å². The fourth-order valence-corrected chi connectivity index (χ4v) is 1.91. The smallest absolute Gasteiger partial charge is 0.248 e. The molecule has 0 bridgehead atoms. The SMILES string of the molecule is CCNC1C(=O)N(C)c2ccc(F)cc21. The van der Waals surface area contributed by atoms with Crippen LogP contribution in [0.25, 0.3) is 0 Å². The minimum absolute atomic E-state index is 0.0301. The van der Waals surface area contributed by atoms with Gasteiger partial charge in [-0.05, 0) is 24.7 Å². The van der Waals surface area contributed by atoms with E-state index in [-0.39, 0.29) is 11.7 Å². The van der Waals surface area contributed by atoms with Crippen molar-refractivity contribution in [3.8, 4) is 0 Å². The molecule has 0 saturated carbocycles. The molecule has 1 amide bonds. The Morgan fingerprint density at radius 3 is 2.93 bits per heavy atom. The standard InChI is InChI=1S/C11H13FN2O/c1-3-13-10-8-6-7(12)4-5-9(8)14(2)11(10)15/h4-6,10,13H,3H2,1-2H3. The van der Waals surface area contributed by atoms with E-state index in [1.807, 2.05) is 6.92 Å². The van der Waals surface area contributed by atoms with E-state index in [0.29, 0.717) is 6.54 Å². The van der Waals surface area contributed by atoms with Crippen LogP contribution in [0, 0.1) is 5.82 Å². The second-order valence-electron chi connectivity index (χ2n) is 3.59. The second-order valence-corrected chi connectivity index (χ2v) is 3.59. The maximum absolute atomic E-state index is 13.1. The minimum atomic E-state index is -0.398. The van der Waals surface area contributed by atoms with E-state index >= 15 is 0 Å². The largest absolute Gasteiger partial charge is 0.313 e. The first-order valence-corrected chi connectivity index (χ1v) is 4.95. The first kappa shape index (κ1) is 10.1. The molecular weight excluding hydrogens is 195 g/mol. The zero-order valence-corrected chi connectivity index (χ0v) is 8.75. The summed E-state index contributed by atoms with van der Waals surface area (Å²) in [6.45, 7) is 2.60. The summed E-state index contributed by atoms with van der Waals surface area (Å²) < 4.78 is 13.1. The van der Waals surface area contributed by atoms with Gasteiger partial charge in [0.05, 0.1) is 0 Å². The third-order valence-corrected chi connectivity index (χ3v) is 2.65. The summed E-state index contributed by atoms with van der Waals surface area (Å²) in [5.74, 6) is -0.336. The van der Waals surface area contributed by atoms with Crippen molar-refractivity contribution in [3.63, 3.8) is 0 Å². The Labute approximate surface area is 87.9 Å². The molecule has 1 aromatic rings. The highest BCUT2D eigenvalue weighted by molar-refractivity contribution is 6.04. The first-order valence-electron chi connectivity index (χ1n) is 4.95. The number of nitrogens with one attached hydrogen (secondary N) is 1. The fraction of sp³-hybridized carbons (Fsp3) is 0.364. The van der Waals surface area contributed by atoms with Crippen LogP contribution in [-0.4, -0.2) is 19.5 Å². The summed E-state index contributed by atoms with van der Waals surface area (Å²) in [4.78, 5) is 13.4. The van der Waals surface area contributed by atoms with E-state index < -0.39 is 6.04 Å². The highest BCUT2D eigenvalue weighted by Gasteiger charge is 2.34. The number of carbonyl (C=O) groups is 1. The average molecular weight is 208 g/mol. The summed E-state index contributed by atoms with van der Waals surface area (Å²) in [6, 6.07) is 4.03. The quantitative estimate of drug-likeness (QED) is 0.797. The third kappa shape index (κ3) is 1.51. The number of halogens is 1. The van der Waals surface area contributed by atoms with Crippen molar-refractivity contribution in [2.75, 3.05) is 18.5 Å². The van der Waals surface area contributed by atoms with E-state index in [4.69, 9.17) is 0 Å². The highest BCUT2D eigenvalue weighted by atomic mass is 19.1. The van der Waals surface area contributed by atoms with Gasteiger partial charge in [0, 0.05) is 18.3 Å². The third-order valence-electron chi connectivity index (χ3n) is 2.65. The van der Waals surface area contributed by atoms with Gasteiger partial charge in [-0.2, -0.15) is 0 Å². The van der Waals surface area contributed by atoms with E-state index in [9.17, 15) is 9.18 Å². The van der Waals surface area contributed by atoms with E-state index in [1.54, 1.807) is 18.0 Å². The molecule has 0 spiro atoms. The van der Waals surface area contributed by atoms with Gasteiger partial charge in [-0.15, -0.1) is 0 Å². The maximum Gasteiger partial charge on any atom is 0.248 e. The molecule has 15 heavy (non-hydrogen) atoms. The van der Waals surface area contributed by atoms with Crippen LogP contribution in [0.5, 0.6) is 0 Å². The Morgan fingerprint density at radius 2 is 2.27 bits per heavy atom. The number of anilines is 1. The normalized spacial score (nSPS) is 19.5. The molecular formula is C11H13FN2O. The van der Waals surface area contributed by atoms with Crippen molar-refractivity contribution in [1.29, 1.82) is 0 Å². The van der Waals surface area contributed by atoms with Crippen molar-refractivity contribution < 1.29 is 9.18 Å². The van der Waals surface area contributed by atoms with Gasteiger partial charge < -0.3 is 10.2 Å². The molecule has 3 nitrogen and oxygen atoms in total. The van der Waals surface area contributed by atoms with Crippen LogP contribution in [0.15, 0.2) is 18.2 Å². The Bertz CT molecular complexity index is 406. The average Bonchev–Trinajstić information content (AvgIpc) is 2.44. The molecule has 80 valence electrons. The maximum atomic E-state index is 13.1. The van der Waals surface area contributed by atoms with Crippen molar-refractivity contribution in [3.05, 3.63) is 29.6 Å². The number of benzene rings is 1. The molecule has 1 N–H and O–H groups in total. The van der Waals surface area contributed by atoms with Crippen LogP contribution in [0.3, 0.4) is 0 Å². The monoisotopic (exact) mass is 208 g/mol. The van der Waals surface area contributed by atoms with Crippen molar-refractivity contribution >= 4 is 11.6 Å². The summed E-state index contributed by atoms with van der Waals surface area (Å²) in [7, 11) is 1.70. The Balaban J connectivity index is 2.47. The Kier molecular flexibility index (Phi) is 2.44. The van der Waals surface area contributed by atoms with Crippen LogP contribution in [0.4, 0.5) is 10.1 Å². The fourth-order valence-electron chi connectivity index (χ4n) is 1.91. The van der Waals surface area contributed by atoms with E-state index in [0.717, 1.165) is 11.3 Å². The lowest BCUT2D eigenvalue weighted by Crippen LogP contribution is -2.32. The topological polar surface area (TPSA) is 32.3 Å². The number of likely N-dealkylation sites (N-methyl/N-ethyl adjacent to an activating group) is 2. The molecule has 1 heterocycles. The van der Waals surface area contributed by atoms with Crippen molar-refractivity contribution in [2.45, 2.75) is 13.0 Å². The van der Waals surface area contributed by atoms with Crippen LogP contribution < -0.4 is 10.2 Å². The molecule has 4 heteroatoms. The van der Waals surface area contributed by atoms with Gasteiger partial charge in [0.2, 0.25) is 5.91 Å². The predicted molar refractivity (Wildman–Crippen MR) is 56.2 cm³/mol. The molecule has 2 rings (SSSR count). The number of hydrogen-bond donors (Lipinski definition) is 1. The molecule has 0 saturated heterocycles. The number of nitrogens with zero attached hydrogens (tertiary/aromatic N) is 1. The molecule has 1 unspecified atom stereocenters. The van der Waals surface area contributed by atoms with Crippen molar-refractivity contribution in [1.82, 2.24) is 5.32 Å². The molecule has 0 aromatic heterocycles. The zero-order valence-electron chi connectivity index (χ0n) is 8.75. The Hall–Kier alpha value is -1.42. The summed E-state index contributed by atoms with van der Waals surface area (Å²) in [6.07, 6.45) is 0. The molecule has 0 aliphatic carbocycles. The van der Waals surface area contributed by atoms with Gasteiger partial charge in [-0.1, -0.05) is 6.92 Å². The first-order chi connectivity index (χ1) is 7.15. The predicted octanol–water partition coefficient (Wildman–Crippen LogP) is 1.45. The number of fused-ring (bicyclic) bond motifs is 1. The lowest BCUT2D eigenvalue weighted by molar-refractivity contribution is -0.119. The summed E-state index contributed by atoms with van der Waals surface area (Å²) >= 11 is 0. The van der Waals surface area contributed by atoms with Gasteiger partial charge in [-0.3, -0.25) is 4.79 Å². The van der Waals surface area contributed by atoms with Crippen LogP contribution in [-0.2, 0) is 4.79 Å². The summed E-state index contributed by atoms with van der Waals surface area (Å²) in [5.41, 5.74) is 1.51. The molecule has 0 radical (unpaired) electrons. The zero-order chi connectivity index (χ0) is 11.0. The number of carbonyl (C=O) groups excluding carboxylic acids is 1. The number of amides is 1. The minimum Gasteiger partial charge on any atom is -0.313 e. The molecule has 1 aliphatic rings. The van der Waals surface area contributed by atoms with Gasteiger partial charge in [-0.25, -0.2) is 4.39 Å². The molecule has 1 atom stereocenters. The van der Waals surface area contributed by atoms with Crippen LogP contribution in [0.2, 0.25) is 0 Å². The molecule has 1 aliphatic heterocycles. The van der Waals surface area contributed by atoms with E-state index in [2.05, 4.69) is 5.32 Å². The molecule has 1 aromatic carbocycles.